The van der Waals surface area contributed by atoms with E-state index in [1.165, 1.54) is 16.0 Å². The summed E-state index contributed by atoms with van der Waals surface area (Å²) in [5.74, 6) is -0.115. The SMILES string of the molecule is CCCCc1ccc(C(=O)N(CC(=O)N2CCc3sccc3C2c2ccccc2)C(C)(C)C)cc1. The first-order valence-electron chi connectivity index (χ1n) is 12.6. The van der Waals surface area contributed by atoms with Crippen molar-refractivity contribution in [1.82, 2.24) is 9.80 Å². The minimum atomic E-state index is -0.487. The van der Waals surface area contributed by atoms with Gasteiger partial charge in [-0.1, -0.05) is 55.8 Å². The van der Waals surface area contributed by atoms with Gasteiger partial charge in [0.25, 0.3) is 5.91 Å². The molecular formula is C30H36N2O2S. The van der Waals surface area contributed by atoms with Crippen molar-refractivity contribution in [3.8, 4) is 0 Å². The van der Waals surface area contributed by atoms with Crippen molar-refractivity contribution in [3.63, 3.8) is 0 Å². The fourth-order valence-electron chi connectivity index (χ4n) is 4.77. The third kappa shape index (κ3) is 5.67. The lowest BCUT2D eigenvalue weighted by Gasteiger charge is -2.40. The average Bonchev–Trinajstić information content (AvgIpc) is 3.34. The predicted octanol–water partition coefficient (Wildman–Crippen LogP) is 6.51. The van der Waals surface area contributed by atoms with Crippen molar-refractivity contribution >= 4 is 23.2 Å². The maximum absolute atomic E-state index is 13.8. The molecule has 2 aromatic carbocycles. The van der Waals surface area contributed by atoms with E-state index in [4.69, 9.17) is 0 Å². The molecule has 35 heavy (non-hydrogen) atoms. The van der Waals surface area contributed by atoms with Gasteiger partial charge < -0.3 is 9.80 Å². The van der Waals surface area contributed by atoms with Gasteiger partial charge in [-0.3, -0.25) is 9.59 Å². The van der Waals surface area contributed by atoms with Crippen molar-refractivity contribution in [3.05, 3.63) is 93.2 Å². The van der Waals surface area contributed by atoms with Crippen molar-refractivity contribution in [2.24, 2.45) is 0 Å². The Labute approximate surface area is 213 Å². The van der Waals surface area contributed by atoms with Gasteiger partial charge in [-0.2, -0.15) is 0 Å². The Bertz CT molecular complexity index is 1150. The monoisotopic (exact) mass is 488 g/mol. The lowest BCUT2D eigenvalue weighted by atomic mass is 9.93. The predicted molar refractivity (Wildman–Crippen MR) is 144 cm³/mol. The van der Waals surface area contributed by atoms with E-state index in [0.717, 1.165) is 31.2 Å². The number of hydrogen-bond acceptors (Lipinski definition) is 3. The molecule has 4 rings (SSSR count). The lowest BCUT2D eigenvalue weighted by Crippen LogP contribution is -2.52. The minimum absolute atomic E-state index is 0.0152. The number of rotatable bonds is 7. The average molecular weight is 489 g/mol. The molecule has 0 saturated heterocycles. The normalized spacial score (nSPS) is 15.5. The molecule has 0 N–H and O–H groups in total. The number of amides is 2. The Hall–Kier alpha value is -2.92. The van der Waals surface area contributed by atoms with Crippen LogP contribution in [0, 0.1) is 0 Å². The molecule has 1 atom stereocenters. The van der Waals surface area contributed by atoms with E-state index in [1.807, 2.05) is 68.1 Å². The number of nitrogens with zero attached hydrogens (tertiary/aromatic N) is 2. The van der Waals surface area contributed by atoms with Crippen molar-refractivity contribution < 1.29 is 9.59 Å². The molecule has 0 fully saturated rings. The molecule has 1 aliphatic heterocycles. The standard InChI is InChI=1S/C30H36N2O2S/c1-5-6-10-22-13-15-24(16-14-22)29(34)32(30(2,3)4)21-27(33)31-19-17-26-25(18-20-35-26)28(31)23-11-8-7-9-12-23/h7-9,11-16,18,20,28H,5-6,10,17,19,21H2,1-4H3. The first-order valence-corrected chi connectivity index (χ1v) is 13.5. The van der Waals surface area contributed by atoms with Crippen molar-refractivity contribution in [1.29, 1.82) is 0 Å². The fourth-order valence-corrected chi connectivity index (χ4v) is 5.67. The molecule has 2 heterocycles. The molecule has 1 aromatic heterocycles. The summed E-state index contributed by atoms with van der Waals surface area (Å²) < 4.78 is 0. The summed E-state index contributed by atoms with van der Waals surface area (Å²) in [6, 6.07) is 20.1. The Kier molecular flexibility index (Phi) is 7.75. The van der Waals surface area contributed by atoms with Crippen LogP contribution in [0.15, 0.2) is 66.0 Å². The Morgan fingerprint density at radius 2 is 1.74 bits per heavy atom. The third-order valence-electron chi connectivity index (χ3n) is 6.77. The molecule has 184 valence electrons. The molecule has 0 radical (unpaired) electrons. The Morgan fingerprint density at radius 1 is 1.03 bits per heavy atom. The van der Waals surface area contributed by atoms with Crippen LogP contribution >= 0.6 is 11.3 Å². The number of carbonyl (C=O) groups is 2. The highest BCUT2D eigenvalue weighted by Crippen LogP contribution is 2.38. The summed E-state index contributed by atoms with van der Waals surface area (Å²) in [5, 5.41) is 2.11. The zero-order valence-electron chi connectivity index (χ0n) is 21.3. The second kappa shape index (κ2) is 10.8. The van der Waals surface area contributed by atoms with Gasteiger partial charge in [0, 0.05) is 22.5 Å². The van der Waals surface area contributed by atoms with Gasteiger partial charge in [0.2, 0.25) is 5.91 Å². The molecule has 1 unspecified atom stereocenters. The number of fused-ring (bicyclic) bond motifs is 1. The quantitative estimate of drug-likeness (QED) is 0.381. The van der Waals surface area contributed by atoms with E-state index in [9.17, 15) is 9.59 Å². The van der Waals surface area contributed by atoms with E-state index in [-0.39, 0.29) is 24.4 Å². The van der Waals surface area contributed by atoms with Crippen LogP contribution in [0.2, 0.25) is 0 Å². The Morgan fingerprint density at radius 3 is 2.40 bits per heavy atom. The van der Waals surface area contributed by atoms with Gasteiger partial charge in [0.1, 0.15) is 6.54 Å². The number of unbranched alkanes of at least 4 members (excludes halogenated alkanes) is 1. The first kappa shape index (κ1) is 25.2. The van der Waals surface area contributed by atoms with Gasteiger partial charge in [-0.05, 0) is 80.3 Å². The van der Waals surface area contributed by atoms with Crippen LogP contribution in [0.1, 0.15) is 78.5 Å². The first-order chi connectivity index (χ1) is 16.8. The maximum atomic E-state index is 13.8. The summed E-state index contributed by atoms with van der Waals surface area (Å²) in [6.45, 7) is 8.88. The summed E-state index contributed by atoms with van der Waals surface area (Å²) in [6.07, 6.45) is 4.16. The molecule has 3 aromatic rings. The molecule has 4 nitrogen and oxygen atoms in total. The van der Waals surface area contributed by atoms with Crippen LogP contribution in [0.4, 0.5) is 0 Å². The van der Waals surface area contributed by atoms with Gasteiger partial charge in [-0.15, -0.1) is 11.3 Å². The van der Waals surface area contributed by atoms with E-state index in [0.29, 0.717) is 12.1 Å². The van der Waals surface area contributed by atoms with Crippen LogP contribution in [0.5, 0.6) is 0 Å². The highest BCUT2D eigenvalue weighted by Gasteiger charge is 2.36. The summed E-state index contributed by atoms with van der Waals surface area (Å²) in [7, 11) is 0. The van der Waals surface area contributed by atoms with Crippen LogP contribution in [-0.4, -0.2) is 40.2 Å². The second-order valence-electron chi connectivity index (χ2n) is 10.3. The van der Waals surface area contributed by atoms with E-state index < -0.39 is 5.54 Å². The molecule has 0 saturated carbocycles. The van der Waals surface area contributed by atoms with Crippen LogP contribution in [0.3, 0.4) is 0 Å². The molecule has 0 spiro atoms. The largest absolute Gasteiger partial charge is 0.330 e. The highest BCUT2D eigenvalue weighted by molar-refractivity contribution is 7.10. The van der Waals surface area contributed by atoms with Gasteiger partial charge in [0.05, 0.1) is 6.04 Å². The molecule has 0 bridgehead atoms. The Balaban J connectivity index is 1.58. The number of carbonyl (C=O) groups excluding carboxylic acids is 2. The van der Waals surface area contributed by atoms with Gasteiger partial charge >= 0.3 is 0 Å². The molecule has 5 heteroatoms. The number of benzene rings is 2. The fraction of sp³-hybridized carbons (Fsp3) is 0.400. The molecule has 1 aliphatic rings. The zero-order chi connectivity index (χ0) is 25.0. The van der Waals surface area contributed by atoms with Gasteiger partial charge in [-0.25, -0.2) is 0 Å². The number of thiophene rings is 1. The molecule has 2 amide bonds. The highest BCUT2D eigenvalue weighted by atomic mass is 32.1. The van der Waals surface area contributed by atoms with Crippen LogP contribution in [0.25, 0.3) is 0 Å². The van der Waals surface area contributed by atoms with Crippen LogP contribution < -0.4 is 0 Å². The van der Waals surface area contributed by atoms with E-state index in [1.54, 1.807) is 16.2 Å². The molecule has 0 aliphatic carbocycles. The third-order valence-corrected chi connectivity index (χ3v) is 7.77. The summed E-state index contributed by atoms with van der Waals surface area (Å²) in [4.78, 5) is 32.4. The summed E-state index contributed by atoms with van der Waals surface area (Å²) in [5.41, 5.74) is 3.70. The summed E-state index contributed by atoms with van der Waals surface area (Å²) >= 11 is 1.76. The minimum Gasteiger partial charge on any atom is -0.330 e. The maximum Gasteiger partial charge on any atom is 0.254 e. The molecular weight excluding hydrogens is 452 g/mol. The second-order valence-corrected chi connectivity index (χ2v) is 11.3. The number of aryl methyl sites for hydroxylation is 1. The zero-order valence-corrected chi connectivity index (χ0v) is 22.1. The van der Waals surface area contributed by atoms with E-state index >= 15 is 0 Å². The van der Waals surface area contributed by atoms with Crippen molar-refractivity contribution in [2.45, 2.75) is 65.0 Å². The lowest BCUT2D eigenvalue weighted by molar-refractivity contribution is -0.135. The van der Waals surface area contributed by atoms with Crippen LogP contribution in [-0.2, 0) is 17.6 Å². The van der Waals surface area contributed by atoms with E-state index in [2.05, 4.69) is 30.5 Å². The smallest absolute Gasteiger partial charge is 0.254 e. The van der Waals surface area contributed by atoms with Gasteiger partial charge in [0.15, 0.2) is 0 Å². The number of hydrogen-bond donors (Lipinski definition) is 0. The van der Waals surface area contributed by atoms with Crippen molar-refractivity contribution in [2.75, 3.05) is 13.1 Å². The topological polar surface area (TPSA) is 40.6 Å².